The van der Waals surface area contributed by atoms with Crippen LogP contribution in [0.2, 0.25) is 0 Å². The fourth-order valence-electron chi connectivity index (χ4n) is 2.68. The van der Waals surface area contributed by atoms with Crippen LogP contribution in [0.1, 0.15) is 43.4 Å². The van der Waals surface area contributed by atoms with Crippen LogP contribution in [0.5, 0.6) is 5.75 Å². The molecule has 2 aromatic carbocycles. The van der Waals surface area contributed by atoms with E-state index < -0.39 is 0 Å². The van der Waals surface area contributed by atoms with Crippen LogP contribution in [0.25, 0.3) is 0 Å². The quantitative estimate of drug-likeness (QED) is 0.727. The summed E-state index contributed by atoms with van der Waals surface area (Å²) in [5.41, 5.74) is 4.06. The van der Waals surface area contributed by atoms with E-state index in [1.165, 1.54) is 25.3 Å². The lowest BCUT2D eigenvalue weighted by molar-refractivity contribution is -0.114. The van der Waals surface area contributed by atoms with E-state index in [0.717, 1.165) is 30.8 Å². The van der Waals surface area contributed by atoms with E-state index in [0.29, 0.717) is 16.6 Å². The number of halogens is 1. The largest absolute Gasteiger partial charge is 0.507 e. The van der Waals surface area contributed by atoms with Gasteiger partial charge in [-0.1, -0.05) is 31.2 Å². The average molecular weight is 420 g/mol. The molecule has 0 bridgehead atoms. The van der Waals surface area contributed by atoms with Gasteiger partial charge in [0.2, 0.25) is 5.91 Å². The first kappa shape index (κ1) is 20.5. The molecule has 26 heavy (non-hydrogen) atoms. The first-order valence-corrected chi connectivity index (χ1v) is 9.73. The highest BCUT2D eigenvalue weighted by Crippen LogP contribution is 2.32. The number of hydrogen-bond acceptors (Lipinski definition) is 3. The lowest BCUT2D eigenvalue weighted by Crippen LogP contribution is -2.08. The molecule has 0 radical (unpaired) electrons. The van der Waals surface area contributed by atoms with Crippen LogP contribution < -0.4 is 5.32 Å². The summed E-state index contributed by atoms with van der Waals surface area (Å²) in [6.45, 7) is 5.58. The third kappa shape index (κ3) is 6.46. The summed E-state index contributed by atoms with van der Waals surface area (Å²) in [6, 6.07) is 11.8. The molecule has 5 heteroatoms. The molecule has 1 fully saturated rings. The number of anilines is 1. The predicted molar refractivity (Wildman–Crippen MR) is 109 cm³/mol. The van der Waals surface area contributed by atoms with Gasteiger partial charge in [-0.2, -0.15) is 0 Å². The van der Waals surface area contributed by atoms with E-state index in [1.807, 2.05) is 6.07 Å². The molecule has 1 saturated heterocycles. The van der Waals surface area contributed by atoms with E-state index >= 15 is 0 Å². The lowest BCUT2D eigenvalue weighted by Gasteiger charge is -2.12. The van der Waals surface area contributed by atoms with Crippen molar-refractivity contribution in [3.05, 3.63) is 57.6 Å². The van der Waals surface area contributed by atoms with E-state index in [2.05, 4.69) is 52.4 Å². The lowest BCUT2D eigenvalue weighted by atomic mass is 10.0. The molecule has 4 nitrogen and oxygen atoms in total. The minimum Gasteiger partial charge on any atom is -0.507 e. The average Bonchev–Trinajstić information content (AvgIpc) is 3.19. The van der Waals surface area contributed by atoms with Crippen molar-refractivity contribution in [2.75, 3.05) is 18.5 Å². The van der Waals surface area contributed by atoms with Crippen molar-refractivity contribution in [2.24, 2.45) is 0 Å². The van der Waals surface area contributed by atoms with E-state index in [4.69, 9.17) is 4.74 Å². The van der Waals surface area contributed by atoms with Crippen LogP contribution in [0, 0.1) is 0 Å². The summed E-state index contributed by atoms with van der Waals surface area (Å²) in [5.74, 6) is -0.0388. The third-order valence-electron chi connectivity index (χ3n) is 4.14. The summed E-state index contributed by atoms with van der Waals surface area (Å²) >= 11 is 3.32. The van der Waals surface area contributed by atoms with Crippen molar-refractivity contribution < 1.29 is 14.6 Å². The maximum Gasteiger partial charge on any atom is 0.221 e. The number of hydrogen-bond donors (Lipinski definition) is 2. The SMILES string of the molecule is C1CCOC1.CCc1ccc(Cc2cc(Br)c(O)cc2NC(C)=O)cc1. The van der Waals surface area contributed by atoms with Crippen molar-refractivity contribution in [3.8, 4) is 5.75 Å². The first-order chi connectivity index (χ1) is 12.5. The summed E-state index contributed by atoms with van der Waals surface area (Å²) in [6.07, 6.45) is 4.26. The maximum absolute atomic E-state index is 11.3. The number of phenols is 1. The Morgan fingerprint density at radius 1 is 1.15 bits per heavy atom. The van der Waals surface area contributed by atoms with E-state index in [-0.39, 0.29) is 11.7 Å². The minimum absolute atomic E-state index is 0.115. The number of ether oxygens (including phenoxy) is 1. The van der Waals surface area contributed by atoms with E-state index in [9.17, 15) is 9.90 Å². The molecule has 0 aromatic heterocycles. The molecule has 1 aliphatic rings. The summed E-state index contributed by atoms with van der Waals surface area (Å²) in [5, 5.41) is 12.5. The number of nitrogens with one attached hydrogen (secondary N) is 1. The van der Waals surface area contributed by atoms with Gasteiger partial charge in [0.25, 0.3) is 0 Å². The Labute approximate surface area is 163 Å². The topological polar surface area (TPSA) is 58.6 Å². The zero-order chi connectivity index (χ0) is 18.9. The van der Waals surface area contributed by atoms with Gasteiger partial charge in [0.05, 0.1) is 4.47 Å². The molecule has 3 rings (SSSR count). The minimum atomic E-state index is -0.153. The number of aryl methyl sites for hydroxylation is 1. The number of benzene rings is 2. The van der Waals surface area contributed by atoms with Crippen molar-refractivity contribution in [1.82, 2.24) is 0 Å². The summed E-state index contributed by atoms with van der Waals surface area (Å²) in [7, 11) is 0. The van der Waals surface area contributed by atoms with Gasteiger partial charge in [0.1, 0.15) is 5.75 Å². The second-order valence-corrected chi connectivity index (χ2v) is 7.16. The fraction of sp³-hybridized carbons (Fsp3) is 0.381. The normalized spacial score (nSPS) is 13.0. The molecule has 140 valence electrons. The number of carbonyl (C=O) groups excluding carboxylic acids is 1. The fourth-order valence-corrected chi connectivity index (χ4v) is 3.07. The van der Waals surface area contributed by atoms with Crippen LogP contribution in [0.4, 0.5) is 5.69 Å². The summed E-state index contributed by atoms with van der Waals surface area (Å²) < 4.78 is 5.57. The molecule has 2 aromatic rings. The highest BCUT2D eigenvalue weighted by Gasteiger charge is 2.10. The zero-order valence-corrected chi connectivity index (χ0v) is 16.9. The van der Waals surface area contributed by atoms with Crippen molar-refractivity contribution >= 4 is 27.5 Å². The molecular weight excluding hydrogens is 394 g/mol. The molecule has 0 atom stereocenters. The monoisotopic (exact) mass is 419 g/mol. The van der Waals surface area contributed by atoms with Gasteiger partial charge in [-0.25, -0.2) is 0 Å². The highest BCUT2D eigenvalue weighted by molar-refractivity contribution is 9.10. The van der Waals surface area contributed by atoms with Gasteiger partial charge in [-0.05, 0) is 64.4 Å². The molecule has 1 aliphatic heterocycles. The number of aromatic hydroxyl groups is 1. The molecule has 0 aliphatic carbocycles. The van der Waals surface area contributed by atoms with Gasteiger partial charge in [0.15, 0.2) is 0 Å². The Morgan fingerprint density at radius 2 is 1.77 bits per heavy atom. The Hall–Kier alpha value is -1.85. The standard InChI is InChI=1S/C17H18BrNO2.C4H8O/c1-3-12-4-6-13(7-5-12)8-14-9-15(18)17(21)10-16(14)19-11(2)20;1-2-4-5-3-1/h4-7,9-10,21H,3,8H2,1-2H3,(H,19,20);1-4H2. The Bertz CT molecular complexity index is 717. The zero-order valence-electron chi connectivity index (χ0n) is 15.3. The number of phenolic OH excluding ortho intramolecular Hbond substituents is 1. The van der Waals surface area contributed by atoms with Crippen molar-refractivity contribution in [2.45, 2.75) is 39.5 Å². The van der Waals surface area contributed by atoms with Gasteiger partial charge < -0.3 is 15.2 Å². The molecular formula is C21H26BrNO3. The summed E-state index contributed by atoms with van der Waals surface area (Å²) in [4.78, 5) is 11.3. The molecule has 1 heterocycles. The Balaban J connectivity index is 0.000000417. The molecule has 0 saturated carbocycles. The number of carbonyl (C=O) groups is 1. The van der Waals surface area contributed by atoms with Crippen LogP contribution >= 0.6 is 15.9 Å². The molecule has 2 N–H and O–H groups in total. The predicted octanol–water partition coefficient (Wildman–Crippen LogP) is 5.06. The van der Waals surface area contributed by atoms with Crippen molar-refractivity contribution in [3.63, 3.8) is 0 Å². The number of amides is 1. The second-order valence-electron chi connectivity index (χ2n) is 6.31. The molecule has 0 unspecified atom stereocenters. The van der Waals surface area contributed by atoms with Gasteiger partial charge in [-0.15, -0.1) is 0 Å². The van der Waals surface area contributed by atoms with Crippen LogP contribution in [-0.2, 0) is 22.4 Å². The van der Waals surface area contributed by atoms with Crippen molar-refractivity contribution in [1.29, 1.82) is 0 Å². The first-order valence-electron chi connectivity index (χ1n) is 8.94. The van der Waals surface area contributed by atoms with Crippen LogP contribution in [0.3, 0.4) is 0 Å². The second kappa shape index (κ2) is 10.3. The maximum atomic E-state index is 11.3. The molecule has 0 spiro atoms. The molecule has 1 amide bonds. The third-order valence-corrected chi connectivity index (χ3v) is 4.77. The van der Waals surface area contributed by atoms with E-state index in [1.54, 1.807) is 6.07 Å². The van der Waals surface area contributed by atoms with Gasteiger partial charge in [-0.3, -0.25) is 4.79 Å². The number of rotatable bonds is 4. The van der Waals surface area contributed by atoms with Gasteiger partial charge in [0, 0.05) is 31.9 Å². The van der Waals surface area contributed by atoms with Crippen LogP contribution in [0.15, 0.2) is 40.9 Å². The highest BCUT2D eigenvalue weighted by atomic mass is 79.9. The Morgan fingerprint density at radius 3 is 2.27 bits per heavy atom. The Kier molecular flexibility index (Phi) is 8.13. The smallest absolute Gasteiger partial charge is 0.221 e. The van der Waals surface area contributed by atoms with Crippen LogP contribution in [-0.4, -0.2) is 24.2 Å². The van der Waals surface area contributed by atoms with Gasteiger partial charge >= 0.3 is 0 Å².